The van der Waals surface area contributed by atoms with Gasteiger partial charge in [0.25, 0.3) is 5.89 Å². The molecule has 8 heteroatoms. The van der Waals surface area contributed by atoms with E-state index in [4.69, 9.17) is 4.52 Å². The van der Waals surface area contributed by atoms with Gasteiger partial charge in [0, 0.05) is 18.7 Å². The average Bonchev–Trinajstić information content (AvgIpc) is 3.12. The normalized spacial score (nSPS) is 22.9. The standard InChI is InChI=1S/C22H29N5O3/c1-15-7-9-16(10-8-15)22-25-19(26-30-22)14-27-12-4-5-17(13-27)20(28)24-18-6-2-3-11-23-21(18)29/h7-10,17-18H,2-6,11-14H2,1H3,(H,23,29)(H,24,28)/t17-,18+/m0/s1. The lowest BCUT2D eigenvalue weighted by atomic mass is 9.96. The van der Waals surface area contributed by atoms with Crippen molar-refractivity contribution in [2.45, 2.75) is 51.6 Å². The van der Waals surface area contributed by atoms with Gasteiger partial charge in [-0.1, -0.05) is 22.9 Å². The lowest BCUT2D eigenvalue weighted by molar-refractivity contribution is -0.132. The predicted octanol–water partition coefficient (Wildman–Crippen LogP) is 2.04. The van der Waals surface area contributed by atoms with Gasteiger partial charge in [-0.3, -0.25) is 14.5 Å². The Morgan fingerprint density at radius 3 is 2.90 bits per heavy atom. The van der Waals surface area contributed by atoms with E-state index in [9.17, 15) is 9.59 Å². The molecular formula is C22H29N5O3. The monoisotopic (exact) mass is 411 g/mol. The van der Waals surface area contributed by atoms with Crippen LogP contribution >= 0.6 is 0 Å². The van der Waals surface area contributed by atoms with Crippen molar-refractivity contribution >= 4 is 11.8 Å². The lowest BCUT2D eigenvalue weighted by Gasteiger charge is -2.31. The molecule has 1 aromatic heterocycles. The maximum absolute atomic E-state index is 12.8. The quantitative estimate of drug-likeness (QED) is 0.781. The van der Waals surface area contributed by atoms with Crippen molar-refractivity contribution in [3.05, 3.63) is 35.7 Å². The zero-order chi connectivity index (χ0) is 20.9. The van der Waals surface area contributed by atoms with E-state index in [0.29, 0.717) is 37.8 Å². The first kappa shape index (κ1) is 20.5. The van der Waals surface area contributed by atoms with E-state index in [0.717, 1.165) is 37.8 Å². The predicted molar refractivity (Wildman–Crippen MR) is 111 cm³/mol. The third-order valence-electron chi connectivity index (χ3n) is 5.86. The molecule has 0 saturated carbocycles. The average molecular weight is 412 g/mol. The molecule has 0 bridgehead atoms. The van der Waals surface area contributed by atoms with Crippen molar-refractivity contribution in [1.29, 1.82) is 0 Å². The Bertz CT molecular complexity index is 879. The molecule has 0 spiro atoms. The van der Waals surface area contributed by atoms with Crippen LogP contribution in [0.3, 0.4) is 0 Å². The summed E-state index contributed by atoms with van der Waals surface area (Å²) >= 11 is 0. The van der Waals surface area contributed by atoms with Gasteiger partial charge in [-0.05, 0) is 57.7 Å². The van der Waals surface area contributed by atoms with Crippen molar-refractivity contribution in [3.8, 4) is 11.5 Å². The largest absolute Gasteiger partial charge is 0.354 e. The molecule has 2 fully saturated rings. The number of nitrogens with zero attached hydrogens (tertiary/aromatic N) is 3. The van der Waals surface area contributed by atoms with Crippen molar-refractivity contribution < 1.29 is 14.1 Å². The van der Waals surface area contributed by atoms with E-state index in [1.165, 1.54) is 5.56 Å². The van der Waals surface area contributed by atoms with Crippen LogP contribution in [-0.2, 0) is 16.1 Å². The first-order valence-electron chi connectivity index (χ1n) is 10.8. The molecule has 4 rings (SSSR count). The summed E-state index contributed by atoms with van der Waals surface area (Å²) in [5.74, 6) is 0.905. The highest BCUT2D eigenvalue weighted by molar-refractivity contribution is 5.88. The van der Waals surface area contributed by atoms with Crippen LogP contribution in [0.25, 0.3) is 11.5 Å². The molecule has 2 amide bonds. The molecule has 8 nitrogen and oxygen atoms in total. The van der Waals surface area contributed by atoms with Crippen molar-refractivity contribution in [3.63, 3.8) is 0 Å². The summed E-state index contributed by atoms with van der Waals surface area (Å²) in [4.78, 5) is 31.6. The van der Waals surface area contributed by atoms with Crippen molar-refractivity contribution in [1.82, 2.24) is 25.7 Å². The number of carbonyl (C=O) groups is 2. The highest BCUT2D eigenvalue weighted by Crippen LogP contribution is 2.21. The smallest absolute Gasteiger partial charge is 0.257 e. The van der Waals surface area contributed by atoms with Gasteiger partial charge in [0.2, 0.25) is 11.8 Å². The van der Waals surface area contributed by atoms with Gasteiger partial charge in [-0.15, -0.1) is 0 Å². The zero-order valence-electron chi connectivity index (χ0n) is 17.4. The molecule has 0 aliphatic carbocycles. The summed E-state index contributed by atoms with van der Waals surface area (Å²) in [5, 5.41) is 9.95. The second-order valence-corrected chi connectivity index (χ2v) is 8.30. The number of benzene rings is 1. The highest BCUT2D eigenvalue weighted by atomic mass is 16.5. The molecule has 2 aromatic rings. The Balaban J connectivity index is 1.33. The highest BCUT2D eigenvalue weighted by Gasteiger charge is 2.30. The fourth-order valence-corrected chi connectivity index (χ4v) is 4.11. The Kier molecular flexibility index (Phi) is 6.42. The van der Waals surface area contributed by atoms with Crippen LogP contribution in [-0.4, -0.2) is 52.5 Å². The molecule has 2 saturated heterocycles. The Morgan fingerprint density at radius 1 is 1.23 bits per heavy atom. The number of likely N-dealkylation sites (tertiary alicyclic amines) is 1. The van der Waals surface area contributed by atoms with Crippen LogP contribution < -0.4 is 10.6 Å². The minimum absolute atomic E-state index is 0.0322. The number of hydrogen-bond donors (Lipinski definition) is 2. The van der Waals surface area contributed by atoms with Crippen LogP contribution in [0.15, 0.2) is 28.8 Å². The molecular weight excluding hydrogens is 382 g/mol. The van der Waals surface area contributed by atoms with Gasteiger partial charge in [0.1, 0.15) is 6.04 Å². The Hall–Kier alpha value is -2.74. The van der Waals surface area contributed by atoms with Gasteiger partial charge in [-0.2, -0.15) is 4.98 Å². The van der Waals surface area contributed by atoms with Gasteiger partial charge in [0.05, 0.1) is 12.5 Å². The zero-order valence-corrected chi connectivity index (χ0v) is 17.4. The molecule has 30 heavy (non-hydrogen) atoms. The summed E-state index contributed by atoms with van der Waals surface area (Å²) in [6.07, 6.45) is 4.38. The summed E-state index contributed by atoms with van der Waals surface area (Å²) < 4.78 is 5.42. The topological polar surface area (TPSA) is 100 Å². The number of piperidine rings is 1. The van der Waals surface area contributed by atoms with E-state index in [1.807, 2.05) is 31.2 Å². The van der Waals surface area contributed by atoms with Gasteiger partial charge in [-0.25, -0.2) is 0 Å². The second-order valence-electron chi connectivity index (χ2n) is 8.30. The number of hydrogen-bond acceptors (Lipinski definition) is 6. The summed E-state index contributed by atoms with van der Waals surface area (Å²) in [7, 11) is 0. The molecule has 2 atom stereocenters. The van der Waals surface area contributed by atoms with Crippen LogP contribution in [0.2, 0.25) is 0 Å². The minimum Gasteiger partial charge on any atom is -0.354 e. The number of nitrogens with one attached hydrogen (secondary N) is 2. The van der Waals surface area contributed by atoms with Gasteiger partial charge < -0.3 is 15.2 Å². The van der Waals surface area contributed by atoms with E-state index < -0.39 is 6.04 Å². The third kappa shape index (κ3) is 5.05. The Morgan fingerprint density at radius 2 is 2.07 bits per heavy atom. The summed E-state index contributed by atoms with van der Waals surface area (Å²) in [5.41, 5.74) is 2.08. The molecule has 1 aromatic carbocycles. The third-order valence-corrected chi connectivity index (χ3v) is 5.86. The van der Waals surface area contributed by atoms with Crippen LogP contribution in [0.4, 0.5) is 0 Å². The van der Waals surface area contributed by atoms with E-state index in [1.54, 1.807) is 0 Å². The Labute approximate surface area is 176 Å². The molecule has 0 radical (unpaired) electrons. The van der Waals surface area contributed by atoms with E-state index in [2.05, 4.69) is 25.7 Å². The van der Waals surface area contributed by atoms with Crippen LogP contribution in [0, 0.1) is 12.8 Å². The van der Waals surface area contributed by atoms with E-state index in [-0.39, 0.29) is 17.7 Å². The van der Waals surface area contributed by atoms with E-state index >= 15 is 0 Å². The summed E-state index contributed by atoms with van der Waals surface area (Å²) in [6.45, 7) is 4.80. The van der Waals surface area contributed by atoms with Crippen LogP contribution in [0.1, 0.15) is 43.5 Å². The summed E-state index contributed by atoms with van der Waals surface area (Å²) in [6, 6.07) is 7.56. The first-order valence-corrected chi connectivity index (χ1v) is 10.8. The molecule has 2 N–H and O–H groups in total. The maximum atomic E-state index is 12.8. The number of aryl methyl sites for hydroxylation is 1. The SMILES string of the molecule is Cc1ccc(-c2nc(CN3CCC[C@H](C(=O)N[C@@H]4CCCCNC4=O)C3)no2)cc1. The second kappa shape index (κ2) is 9.38. The van der Waals surface area contributed by atoms with Gasteiger partial charge in [0.15, 0.2) is 5.82 Å². The molecule has 2 aliphatic rings. The molecule has 2 aliphatic heterocycles. The van der Waals surface area contributed by atoms with Crippen molar-refractivity contribution in [2.75, 3.05) is 19.6 Å². The number of rotatable bonds is 5. The van der Waals surface area contributed by atoms with Crippen LogP contribution in [0.5, 0.6) is 0 Å². The fourth-order valence-electron chi connectivity index (χ4n) is 4.11. The lowest BCUT2D eigenvalue weighted by Crippen LogP contribution is -2.50. The number of aromatic nitrogens is 2. The molecule has 0 unspecified atom stereocenters. The minimum atomic E-state index is -0.412. The van der Waals surface area contributed by atoms with Gasteiger partial charge >= 0.3 is 0 Å². The number of amides is 2. The molecule has 3 heterocycles. The van der Waals surface area contributed by atoms with Crippen molar-refractivity contribution in [2.24, 2.45) is 5.92 Å². The first-order chi connectivity index (χ1) is 14.6. The molecule has 160 valence electrons. The fraction of sp³-hybridized carbons (Fsp3) is 0.545. The maximum Gasteiger partial charge on any atom is 0.257 e. The number of carbonyl (C=O) groups excluding carboxylic acids is 2.